The minimum atomic E-state index is -0.526. The van der Waals surface area contributed by atoms with Gasteiger partial charge in [-0.3, -0.25) is 9.59 Å². The van der Waals surface area contributed by atoms with E-state index in [0.29, 0.717) is 12.8 Å². The van der Waals surface area contributed by atoms with E-state index in [0.717, 1.165) is 0 Å². The van der Waals surface area contributed by atoms with E-state index in [2.05, 4.69) is 0 Å². The predicted octanol–water partition coefficient (Wildman–Crippen LogP) is 2.31. The maximum atomic E-state index is 11.6. The highest BCUT2D eigenvalue weighted by Crippen LogP contribution is 2.17. The molecular weight excluding hydrogens is 208 g/mol. The second kappa shape index (κ2) is 6.51. The zero-order chi connectivity index (χ0) is 12.8. The van der Waals surface area contributed by atoms with Crippen LogP contribution in [0.5, 0.6) is 0 Å². The smallest absolute Gasteiger partial charge is 0.311 e. The number of carbonyl (C=O) groups excluding carboxylic acids is 2. The minimum absolute atomic E-state index is 0.144. The van der Waals surface area contributed by atoms with Gasteiger partial charge < -0.3 is 9.47 Å². The molecule has 0 fully saturated rings. The Kier molecular flexibility index (Phi) is 6.08. The highest BCUT2D eigenvalue weighted by Gasteiger charge is 2.26. The molecule has 0 aromatic rings. The highest BCUT2D eigenvalue weighted by atomic mass is 16.6. The number of esters is 2. The first kappa shape index (κ1) is 14.9. The molecule has 94 valence electrons. The number of hydrogen-bond donors (Lipinski definition) is 0. The van der Waals surface area contributed by atoms with Gasteiger partial charge in [0.1, 0.15) is 12.7 Å². The molecule has 0 saturated heterocycles. The minimum Gasteiger partial charge on any atom is -0.462 e. The van der Waals surface area contributed by atoms with E-state index in [4.69, 9.17) is 9.47 Å². The second-order valence-corrected chi connectivity index (χ2v) is 4.72. The normalized spacial score (nSPS) is 13.1. The number of rotatable bonds is 5. The molecular formula is C12H22O4. The van der Waals surface area contributed by atoms with Gasteiger partial charge in [-0.2, -0.15) is 0 Å². The van der Waals surface area contributed by atoms with Gasteiger partial charge in [0.2, 0.25) is 0 Å². The van der Waals surface area contributed by atoms with Gasteiger partial charge in [-0.05, 0) is 27.2 Å². The van der Waals surface area contributed by atoms with Crippen molar-refractivity contribution < 1.29 is 19.1 Å². The lowest BCUT2D eigenvalue weighted by Crippen LogP contribution is -2.31. The molecule has 0 aromatic carbocycles. The van der Waals surface area contributed by atoms with Crippen molar-refractivity contribution in [3.63, 3.8) is 0 Å². The lowest BCUT2D eigenvalue weighted by molar-refractivity contribution is -0.165. The van der Waals surface area contributed by atoms with Gasteiger partial charge in [-0.15, -0.1) is 0 Å². The molecule has 16 heavy (non-hydrogen) atoms. The summed E-state index contributed by atoms with van der Waals surface area (Å²) in [5.41, 5.74) is -0.526. The van der Waals surface area contributed by atoms with Crippen molar-refractivity contribution in [2.75, 3.05) is 6.61 Å². The van der Waals surface area contributed by atoms with E-state index in [1.165, 1.54) is 0 Å². The van der Waals surface area contributed by atoms with Crippen LogP contribution in [0.25, 0.3) is 0 Å². The van der Waals surface area contributed by atoms with Crippen molar-refractivity contribution in [3.05, 3.63) is 0 Å². The van der Waals surface area contributed by atoms with E-state index >= 15 is 0 Å². The maximum absolute atomic E-state index is 11.6. The molecule has 0 aliphatic carbocycles. The van der Waals surface area contributed by atoms with Crippen molar-refractivity contribution in [1.82, 2.24) is 0 Å². The summed E-state index contributed by atoms with van der Waals surface area (Å²) in [6.07, 6.45) is 0.630. The summed E-state index contributed by atoms with van der Waals surface area (Å²) in [6.45, 7) is 9.14. The quantitative estimate of drug-likeness (QED) is 0.680. The maximum Gasteiger partial charge on any atom is 0.311 e. The summed E-state index contributed by atoms with van der Waals surface area (Å²) < 4.78 is 10.2. The second-order valence-electron chi connectivity index (χ2n) is 4.72. The van der Waals surface area contributed by atoms with Gasteiger partial charge in [-0.25, -0.2) is 0 Å². The summed E-state index contributed by atoms with van der Waals surface area (Å²) >= 11 is 0. The third kappa shape index (κ3) is 5.73. The summed E-state index contributed by atoms with van der Waals surface area (Å²) in [5.74, 6) is -0.544. The number of carbonyl (C=O) groups is 2. The lowest BCUT2D eigenvalue weighted by atomic mass is 9.97. The average molecular weight is 230 g/mol. The number of hydrogen-bond acceptors (Lipinski definition) is 4. The lowest BCUT2D eigenvalue weighted by Gasteiger charge is -2.22. The molecule has 1 unspecified atom stereocenters. The van der Waals surface area contributed by atoms with E-state index in [9.17, 15) is 9.59 Å². The first-order valence-electron chi connectivity index (χ1n) is 5.68. The van der Waals surface area contributed by atoms with E-state index in [1.54, 1.807) is 27.7 Å². The molecule has 0 aliphatic rings. The molecule has 4 nitrogen and oxygen atoms in total. The van der Waals surface area contributed by atoms with Crippen LogP contribution in [0.3, 0.4) is 0 Å². The SMILES string of the molecule is CCC(=O)OCC(CC)OC(=O)C(C)(C)C. The van der Waals surface area contributed by atoms with Crippen LogP contribution in [0.2, 0.25) is 0 Å². The van der Waals surface area contributed by atoms with Crippen LogP contribution in [0.4, 0.5) is 0 Å². The standard InChI is InChI=1S/C12H22O4/c1-6-9(8-15-10(13)7-2)16-11(14)12(3,4)5/h9H,6-8H2,1-5H3. The Balaban J connectivity index is 4.11. The Morgan fingerprint density at radius 3 is 2.12 bits per heavy atom. The van der Waals surface area contributed by atoms with Crippen molar-refractivity contribution in [2.45, 2.75) is 53.6 Å². The summed E-state index contributed by atoms with van der Waals surface area (Å²) in [4.78, 5) is 22.5. The Morgan fingerprint density at radius 2 is 1.75 bits per heavy atom. The van der Waals surface area contributed by atoms with Gasteiger partial charge in [0.25, 0.3) is 0 Å². The van der Waals surface area contributed by atoms with Crippen molar-refractivity contribution >= 4 is 11.9 Å². The van der Waals surface area contributed by atoms with Crippen LogP contribution in [0, 0.1) is 5.41 Å². The average Bonchev–Trinajstić information content (AvgIpc) is 2.21. The molecule has 0 rings (SSSR count). The van der Waals surface area contributed by atoms with Crippen LogP contribution in [0.1, 0.15) is 47.5 Å². The highest BCUT2D eigenvalue weighted by molar-refractivity contribution is 5.75. The fourth-order valence-electron chi connectivity index (χ4n) is 0.851. The third-order valence-corrected chi connectivity index (χ3v) is 2.06. The van der Waals surface area contributed by atoms with E-state index in [-0.39, 0.29) is 24.6 Å². The molecule has 0 spiro atoms. The Bertz CT molecular complexity index is 240. The molecule has 0 heterocycles. The molecule has 0 bridgehead atoms. The summed E-state index contributed by atoms with van der Waals surface area (Å²) in [7, 11) is 0. The summed E-state index contributed by atoms with van der Waals surface area (Å²) in [6, 6.07) is 0. The van der Waals surface area contributed by atoms with Crippen LogP contribution < -0.4 is 0 Å². The monoisotopic (exact) mass is 230 g/mol. The molecule has 0 N–H and O–H groups in total. The van der Waals surface area contributed by atoms with Gasteiger partial charge in [0.05, 0.1) is 5.41 Å². The Hall–Kier alpha value is -1.06. The zero-order valence-electron chi connectivity index (χ0n) is 10.8. The molecule has 1 atom stereocenters. The van der Waals surface area contributed by atoms with E-state index in [1.807, 2.05) is 6.92 Å². The largest absolute Gasteiger partial charge is 0.462 e. The third-order valence-electron chi connectivity index (χ3n) is 2.06. The molecule has 0 saturated carbocycles. The van der Waals surface area contributed by atoms with Gasteiger partial charge >= 0.3 is 11.9 Å². The van der Waals surface area contributed by atoms with Gasteiger partial charge in [0.15, 0.2) is 0 Å². The van der Waals surface area contributed by atoms with Crippen LogP contribution >= 0.6 is 0 Å². The first-order valence-corrected chi connectivity index (χ1v) is 5.68. The van der Waals surface area contributed by atoms with Crippen molar-refractivity contribution in [3.8, 4) is 0 Å². The summed E-state index contributed by atoms with van der Waals surface area (Å²) in [5, 5.41) is 0. The van der Waals surface area contributed by atoms with Crippen LogP contribution in [0.15, 0.2) is 0 Å². The fourth-order valence-corrected chi connectivity index (χ4v) is 0.851. The Morgan fingerprint density at radius 1 is 1.19 bits per heavy atom. The first-order chi connectivity index (χ1) is 7.31. The van der Waals surface area contributed by atoms with E-state index < -0.39 is 5.41 Å². The zero-order valence-corrected chi connectivity index (χ0v) is 10.8. The van der Waals surface area contributed by atoms with Gasteiger partial charge in [-0.1, -0.05) is 13.8 Å². The predicted molar refractivity (Wildman–Crippen MR) is 60.9 cm³/mol. The van der Waals surface area contributed by atoms with Crippen LogP contribution in [-0.4, -0.2) is 24.6 Å². The number of ether oxygens (including phenoxy) is 2. The molecule has 0 radical (unpaired) electrons. The fraction of sp³-hybridized carbons (Fsp3) is 0.833. The van der Waals surface area contributed by atoms with Crippen molar-refractivity contribution in [2.24, 2.45) is 5.41 Å². The van der Waals surface area contributed by atoms with Gasteiger partial charge in [0, 0.05) is 6.42 Å². The topological polar surface area (TPSA) is 52.6 Å². The molecule has 0 amide bonds. The molecule has 0 aromatic heterocycles. The van der Waals surface area contributed by atoms with Crippen LogP contribution in [-0.2, 0) is 19.1 Å². The molecule has 4 heteroatoms. The Labute approximate surface area is 97.3 Å². The van der Waals surface area contributed by atoms with Crippen molar-refractivity contribution in [1.29, 1.82) is 0 Å². The molecule has 0 aliphatic heterocycles.